The first kappa shape index (κ1) is 18.9. The molecule has 0 aromatic carbocycles. The van der Waals surface area contributed by atoms with E-state index in [2.05, 4.69) is 38.8 Å². The third kappa shape index (κ3) is 4.27. The number of nitrogens with zero attached hydrogens (tertiary/aromatic N) is 6. The number of carbonyl (C=O) groups is 1. The first-order chi connectivity index (χ1) is 13.2. The average Bonchev–Trinajstić information content (AvgIpc) is 2.75. The lowest BCUT2D eigenvalue weighted by atomic mass is 10.2. The molecule has 3 rings (SSSR count). The Kier molecular flexibility index (Phi) is 6.05. The molecule has 0 radical (unpaired) electrons. The molecule has 2 aromatic rings. The number of rotatable bonds is 6. The van der Waals surface area contributed by atoms with Crippen LogP contribution in [-0.4, -0.2) is 72.4 Å². The second-order valence-electron chi connectivity index (χ2n) is 6.29. The van der Waals surface area contributed by atoms with Crippen molar-refractivity contribution in [1.29, 1.82) is 0 Å². The summed E-state index contributed by atoms with van der Waals surface area (Å²) in [4.78, 5) is 22.9. The minimum absolute atomic E-state index is 0.00156. The van der Waals surface area contributed by atoms with E-state index in [4.69, 9.17) is 4.74 Å². The summed E-state index contributed by atoms with van der Waals surface area (Å²) < 4.78 is 5.10. The normalized spacial score (nSPS) is 14.2. The van der Waals surface area contributed by atoms with Crippen molar-refractivity contribution in [1.82, 2.24) is 20.1 Å². The molecule has 1 fully saturated rings. The van der Waals surface area contributed by atoms with E-state index in [0.717, 1.165) is 37.8 Å². The van der Waals surface area contributed by atoms with Gasteiger partial charge in [-0.2, -0.15) is 0 Å². The maximum Gasteiger partial charge on any atom is 0.254 e. The zero-order chi connectivity index (χ0) is 19.2. The van der Waals surface area contributed by atoms with Gasteiger partial charge in [0, 0.05) is 57.1 Å². The van der Waals surface area contributed by atoms with Crippen molar-refractivity contribution >= 4 is 17.5 Å². The van der Waals surface area contributed by atoms with Gasteiger partial charge in [0.15, 0.2) is 11.6 Å². The van der Waals surface area contributed by atoms with Crippen molar-refractivity contribution in [2.45, 2.75) is 13.8 Å². The zero-order valence-electron chi connectivity index (χ0n) is 16.1. The van der Waals surface area contributed by atoms with Crippen LogP contribution in [-0.2, 0) is 0 Å². The highest BCUT2D eigenvalue weighted by Crippen LogP contribution is 2.18. The Balaban J connectivity index is 1.60. The predicted octanol–water partition coefficient (Wildman–Crippen LogP) is 1.69. The molecule has 1 saturated heterocycles. The molecule has 3 heterocycles. The SMILES string of the molecule is CCN(CC)c1ccc(N2CCN(C(=O)c3ccnc(OC)c3)CC2)nn1. The molecule has 8 nitrogen and oxygen atoms in total. The van der Waals surface area contributed by atoms with Crippen LogP contribution in [0.25, 0.3) is 0 Å². The number of carbonyl (C=O) groups excluding carboxylic acids is 1. The molecule has 144 valence electrons. The van der Waals surface area contributed by atoms with E-state index in [9.17, 15) is 4.79 Å². The van der Waals surface area contributed by atoms with Crippen LogP contribution in [0.2, 0.25) is 0 Å². The fourth-order valence-electron chi connectivity index (χ4n) is 3.18. The molecule has 0 aliphatic carbocycles. The molecule has 8 heteroatoms. The molecule has 0 N–H and O–H groups in total. The van der Waals surface area contributed by atoms with Crippen LogP contribution < -0.4 is 14.5 Å². The monoisotopic (exact) mass is 370 g/mol. The number of methoxy groups -OCH3 is 1. The van der Waals surface area contributed by atoms with Crippen molar-refractivity contribution in [2.75, 3.05) is 56.2 Å². The molecule has 1 aliphatic heterocycles. The van der Waals surface area contributed by atoms with Crippen molar-refractivity contribution in [3.8, 4) is 5.88 Å². The second-order valence-corrected chi connectivity index (χ2v) is 6.29. The molecule has 0 bridgehead atoms. The number of hydrogen-bond acceptors (Lipinski definition) is 7. The van der Waals surface area contributed by atoms with Crippen LogP contribution in [0.1, 0.15) is 24.2 Å². The first-order valence-corrected chi connectivity index (χ1v) is 9.29. The topological polar surface area (TPSA) is 74.7 Å². The molecule has 1 amide bonds. The van der Waals surface area contributed by atoms with E-state index in [1.54, 1.807) is 25.4 Å². The van der Waals surface area contributed by atoms with E-state index < -0.39 is 0 Å². The molecule has 0 spiro atoms. The van der Waals surface area contributed by atoms with E-state index in [1.165, 1.54) is 0 Å². The number of piperazine rings is 1. The predicted molar refractivity (Wildman–Crippen MR) is 104 cm³/mol. The van der Waals surface area contributed by atoms with Gasteiger partial charge in [0.05, 0.1) is 7.11 Å². The minimum Gasteiger partial charge on any atom is -0.481 e. The fraction of sp³-hybridized carbons (Fsp3) is 0.474. The van der Waals surface area contributed by atoms with E-state index >= 15 is 0 Å². The lowest BCUT2D eigenvalue weighted by Crippen LogP contribution is -2.49. The van der Waals surface area contributed by atoms with E-state index in [-0.39, 0.29) is 5.91 Å². The molecule has 1 aliphatic rings. The third-order valence-electron chi connectivity index (χ3n) is 4.81. The molecular formula is C19H26N6O2. The van der Waals surface area contributed by atoms with Gasteiger partial charge >= 0.3 is 0 Å². The third-order valence-corrected chi connectivity index (χ3v) is 4.81. The van der Waals surface area contributed by atoms with Crippen LogP contribution in [0.15, 0.2) is 30.5 Å². The molecule has 2 aromatic heterocycles. The van der Waals surface area contributed by atoms with Gasteiger partial charge in [-0.1, -0.05) is 0 Å². The Hall–Kier alpha value is -2.90. The average molecular weight is 370 g/mol. The highest BCUT2D eigenvalue weighted by Gasteiger charge is 2.23. The smallest absolute Gasteiger partial charge is 0.254 e. The number of amides is 1. The molecule has 27 heavy (non-hydrogen) atoms. The highest BCUT2D eigenvalue weighted by atomic mass is 16.5. The summed E-state index contributed by atoms with van der Waals surface area (Å²) >= 11 is 0. The maximum atomic E-state index is 12.7. The Bertz CT molecular complexity index is 755. The van der Waals surface area contributed by atoms with Gasteiger partial charge in [-0.3, -0.25) is 4.79 Å². The summed E-state index contributed by atoms with van der Waals surface area (Å²) in [6.07, 6.45) is 1.59. The lowest BCUT2D eigenvalue weighted by Gasteiger charge is -2.35. The van der Waals surface area contributed by atoms with Crippen LogP contribution >= 0.6 is 0 Å². The zero-order valence-corrected chi connectivity index (χ0v) is 16.1. The summed E-state index contributed by atoms with van der Waals surface area (Å²) in [6, 6.07) is 7.41. The summed E-state index contributed by atoms with van der Waals surface area (Å²) in [5.74, 6) is 2.19. The standard InChI is InChI=1S/C19H26N6O2/c1-4-23(5-2)16-6-7-17(22-21-16)24-10-12-25(13-11-24)19(26)15-8-9-20-18(14-15)27-3/h6-9,14H,4-5,10-13H2,1-3H3. The Labute approximate surface area is 159 Å². The van der Waals surface area contributed by atoms with Gasteiger partial charge in [0.2, 0.25) is 5.88 Å². The van der Waals surface area contributed by atoms with Gasteiger partial charge in [-0.15, -0.1) is 10.2 Å². The maximum absolute atomic E-state index is 12.7. The van der Waals surface area contributed by atoms with Crippen molar-refractivity contribution in [2.24, 2.45) is 0 Å². The summed E-state index contributed by atoms with van der Waals surface area (Å²) in [5.41, 5.74) is 0.596. The summed E-state index contributed by atoms with van der Waals surface area (Å²) in [7, 11) is 1.54. The number of anilines is 2. The van der Waals surface area contributed by atoms with Crippen molar-refractivity contribution in [3.05, 3.63) is 36.0 Å². The van der Waals surface area contributed by atoms with Crippen LogP contribution in [0.5, 0.6) is 5.88 Å². The minimum atomic E-state index is -0.00156. The highest BCUT2D eigenvalue weighted by molar-refractivity contribution is 5.94. The lowest BCUT2D eigenvalue weighted by molar-refractivity contribution is 0.0746. The quantitative estimate of drug-likeness (QED) is 0.766. The molecule has 0 unspecified atom stereocenters. The molecule has 0 saturated carbocycles. The summed E-state index contributed by atoms with van der Waals surface area (Å²) in [6.45, 7) is 8.77. The van der Waals surface area contributed by atoms with Gasteiger partial charge in [0.25, 0.3) is 5.91 Å². The Morgan fingerprint density at radius 1 is 1.11 bits per heavy atom. The summed E-state index contributed by atoms with van der Waals surface area (Å²) in [5, 5.41) is 8.73. The number of aromatic nitrogens is 3. The van der Waals surface area contributed by atoms with Gasteiger partial charge < -0.3 is 19.4 Å². The number of hydrogen-bond donors (Lipinski definition) is 0. The van der Waals surface area contributed by atoms with Crippen LogP contribution in [0.4, 0.5) is 11.6 Å². The van der Waals surface area contributed by atoms with Gasteiger partial charge in [-0.05, 0) is 32.0 Å². The largest absolute Gasteiger partial charge is 0.481 e. The van der Waals surface area contributed by atoms with Crippen molar-refractivity contribution < 1.29 is 9.53 Å². The Morgan fingerprint density at radius 3 is 2.44 bits per heavy atom. The van der Waals surface area contributed by atoms with Crippen LogP contribution in [0, 0.1) is 0 Å². The first-order valence-electron chi connectivity index (χ1n) is 9.29. The van der Waals surface area contributed by atoms with Gasteiger partial charge in [0.1, 0.15) is 0 Å². The molecular weight excluding hydrogens is 344 g/mol. The van der Waals surface area contributed by atoms with Crippen LogP contribution in [0.3, 0.4) is 0 Å². The fourth-order valence-corrected chi connectivity index (χ4v) is 3.18. The molecule has 0 atom stereocenters. The van der Waals surface area contributed by atoms with Gasteiger partial charge in [-0.25, -0.2) is 4.98 Å². The number of ether oxygens (including phenoxy) is 1. The second kappa shape index (κ2) is 8.66. The van der Waals surface area contributed by atoms with E-state index in [1.807, 2.05) is 17.0 Å². The van der Waals surface area contributed by atoms with E-state index in [0.29, 0.717) is 24.5 Å². The number of pyridine rings is 1. The Morgan fingerprint density at radius 2 is 1.85 bits per heavy atom. The van der Waals surface area contributed by atoms with Crippen molar-refractivity contribution in [3.63, 3.8) is 0 Å².